The quantitative estimate of drug-likeness (QED) is 0.594. The summed E-state index contributed by atoms with van der Waals surface area (Å²) in [5, 5.41) is 0. The first-order valence-electron chi connectivity index (χ1n) is 6.04. The SMILES string of the molecule is CCC(CC)N(CC)CCCN(C)C. The fourth-order valence-electron chi connectivity index (χ4n) is 1.99. The summed E-state index contributed by atoms with van der Waals surface area (Å²) in [4.78, 5) is 4.88. The molecule has 0 aliphatic rings. The zero-order valence-corrected chi connectivity index (χ0v) is 10.7. The molecule has 2 heteroatoms. The molecular weight excluding hydrogens is 172 g/mol. The maximum atomic E-state index is 2.61. The normalized spacial score (nSPS) is 12.0. The molecule has 0 rings (SSSR count). The lowest BCUT2D eigenvalue weighted by Crippen LogP contribution is -2.36. The second-order valence-electron chi connectivity index (χ2n) is 4.26. The second-order valence-corrected chi connectivity index (χ2v) is 4.26. The molecule has 0 radical (unpaired) electrons. The molecule has 0 aromatic heterocycles. The third-order valence-electron chi connectivity index (χ3n) is 2.92. The maximum Gasteiger partial charge on any atom is 0.00898 e. The van der Waals surface area contributed by atoms with Gasteiger partial charge in [0.05, 0.1) is 0 Å². The fraction of sp³-hybridized carbons (Fsp3) is 1.00. The number of hydrogen-bond donors (Lipinski definition) is 0. The van der Waals surface area contributed by atoms with Gasteiger partial charge in [0.25, 0.3) is 0 Å². The van der Waals surface area contributed by atoms with Crippen molar-refractivity contribution in [3.63, 3.8) is 0 Å². The molecular formula is C12H28N2. The zero-order chi connectivity index (χ0) is 11.0. The van der Waals surface area contributed by atoms with E-state index >= 15 is 0 Å². The second kappa shape index (κ2) is 8.25. The lowest BCUT2D eigenvalue weighted by atomic mass is 10.1. The van der Waals surface area contributed by atoms with Crippen molar-refractivity contribution in [3.8, 4) is 0 Å². The van der Waals surface area contributed by atoms with E-state index < -0.39 is 0 Å². The largest absolute Gasteiger partial charge is 0.309 e. The van der Waals surface area contributed by atoms with Crippen LogP contribution in [0.1, 0.15) is 40.0 Å². The summed E-state index contributed by atoms with van der Waals surface area (Å²) < 4.78 is 0. The van der Waals surface area contributed by atoms with Gasteiger partial charge in [-0.25, -0.2) is 0 Å². The average molecular weight is 200 g/mol. The van der Waals surface area contributed by atoms with Gasteiger partial charge in [0.15, 0.2) is 0 Å². The Morgan fingerprint density at radius 3 is 1.86 bits per heavy atom. The Morgan fingerprint density at radius 2 is 1.50 bits per heavy atom. The lowest BCUT2D eigenvalue weighted by molar-refractivity contribution is 0.186. The Kier molecular flexibility index (Phi) is 8.20. The van der Waals surface area contributed by atoms with Crippen molar-refractivity contribution in [2.75, 3.05) is 33.7 Å². The zero-order valence-electron chi connectivity index (χ0n) is 10.7. The minimum atomic E-state index is 0.794. The molecule has 0 aliphatic heterocycles. The molecule has 2 nitrogen and oxygen atoms in total. The van der Waals surface area contributed by atoms with Gasteiger partial charge in [0.1, 0.15) is 0 Å². The van der Waals surface area contributed by atoms with Crippen LogP contribution in [0.2, 0.25) is 0 Å². The summed E-state index contributed by atoms with van der Waals surface area (Å²) in [6.45, 7) is 10.5. The smallest absolute Gasteiger partial charge is 0.00898 e. The van der Waals surface area contributed by atoms with Gasteiger partial charge < -0.3 is 9.80 Å². The molecule has 0 bridgehead atoms. The monoisotopic (exact) mass is 200 g/mol. The Bertz CT molecular complexity index is 119. The molecule has 0 spiro atoms. The van der Waals surface area contributed by atoms with E-state index in [-0.39, 0.29) is 0 Å². The van der Waals surface area contributed by atoms with E-state index in [9.17, 15) is 0 Å². The first kappa shape index (κ1) is 13.9. The van der Waals surface area contributed by atoms with E-state index in [1.165, 1.54) is 38.9 Å². The Morgan fingerprint density at radius 1 is 0.929 bits per heavy atom. The first-order chi connectivity index (χ1) is 6.65. The average Bonchev–Trinajstić information content (AvgIpc) is 2.16. The van der Waals surface area contributed by atoms with Crippen LogP contribution in [-0.4, -0.2) is 49.6 Å². The van der Waals surface area contributed by atoms with Crippen molar-refractivity contribution >= 4 is 0 Å². The van der Waals surface area contributed by atoms with Crippen LogP contribution in [0.25, 0.3) is 0 Å². The molecule has 86 valence electrons. The number of nitrogens with zero attached hydrogens (tertiary/aromatic N) is 2. The first-order valence-corrected chi connectivity index (χ1v) is 6.04. The summed E-state index contributed by atoms with van der Waals surface area (Å²) >= 11 is 0. The topological polar surface area (TPSA) is 6.48 Å². The van der Waals surface area contributed by atoms with Crippen molar-refractivity contribution in [2.45, 2.75) is 46.1 Å². The van der Waals surface area contributed by atoms with Gasteiger partial charge in [0.2, 0.25) is 0 Å². The van der Waals surface area contributed by atoms with E-state index in [0.717, 1.165) is 6.04 Å². The van der Waals surface area contributed by atoms with Crippen molar-refractivity contribution in [1.82, 2.24) is 9.80 Å². The highest BCUT2D eigenvalue weighted by molar-refractivity contribution is 4.67. The highest BCUT2D eigenvalue weighted by Gasteiger charge is 2.12. The molecule has 0 aliphatic carbocycles. The molecule has 0 unspecified atom stereocenters. The molecule has 0 saturated carbocycles. The van der Waals surface area contributed by atoms with E-state index in [0.29, 0.717) is 0 Å². The minimum absolute atomic E-state index is 0.794. The van der Waals surface area contributed by atoms with Gasteiger partial charge >= 0.3 is 0 Å². The molecule has 0 N–H and O–H groups in total. The van der Waals surface area contributed by atoms with Crippen molar-refractivity contribution in [3.05, 3.63) is 0 Å². The van der Waals surface area contributed by atoms with Crippen LogP contribution < -0.4 is 0 Å². The van der Waals surface area contributed by atoms with E-state index in [4.69, 9.17) is 0 Å². The Balaban J connectivity index is 3.77. The highest BCUT2D eigenvalue weighted by Crippen LogP contribution is 2.08. The van der Waals surface area contributed by atoms with Crippen molar-refractivity contribution < 1.29 is 0 Å². The van der Waals surface area contributed by atoms with Gasteiger partial charge in [-0.3, -0.25) is 0 Å². The highest BCUT2D eigenvalue weighted by atomic mass is 15.2. The molecule has 0 aromatic carbocycles. The van der Waals surface area contributed by atoms with Crippen molar-refractivity contribution in [2.24, 2.45) is 0 Å². The molecule has 0 aromatic rings. The van der Waals surface area contributed by atoms with Gasteiger partial charge in [-0.05, 0) is 53.0 Å². The van der Waals surface area contributed by atoms with Crippen molar-refractivity contribution in [1.29, 1.82) is 0 Å². The lowest BCUT2D eigenvalue weighted by Gasteiger charge is -2.29. The molecule has 0 heterocycles. The third kappa shape index (κ3) is 5.61. The van der Waals surface area contributed by atoms with Crippen LogP contribution in [0.4, 0.5) is 0 Å². The van der Waals surface area contributed by atoms with Crippen LogP contribution in [0.15, 0.2) is 0 Å². The van der Waals surface area contributed by atoms with Gasteiger partial charge in [0, 0.05) is 6.04 Å². The Hall–Kier alpha value is -0.0800. The summed E-state index contributed by atoms with van der Waals surface area (Å²) in [5.74, 6) is 0. The van der Waals surface area contributed by atoms with Gasteiger partial charge in [-0.2, -0.15) is 0 Å². The Labute approximate surface area is 90.3 Å². The molecule has 0 saturated heterocycles. The van der Waals surface area contributed by atoms with E-state index in [1.54, 1.807) is 0 Å². The molecule has 0 fully saturated rings. The van der Waals surface area contributed by atoms with Crippen LogP contribution in [-0.2, 0) is 0 Å². The van der Waals surface area contributed by atoms with E-state index in [1.807, 2.05) is 0 Å². The number of hydrogen-bond acceptors (Lipinski definition) is 2. The van der Waals surface area contributed by atoms with E-state index in [2.05, 4.69) is 44.7 Å². The van der Waals surface area contributed by atoms with Crippen LogP contribution in [0.3, 0.4) is 0 Å². The van der Waals surface area contributed by atoms with Gasteiger partial charge in [-0.1, -0.05) is 20.8 Å². The maximum absolute atomic E-state index is 2.61. The summed E-state index contributed by atoms with van der Waals surface area (Å²) in [6, 6.07) is 0.794. The summed E-state index contributed by atoms with van der Waals surface area (Å²) in [6.07, 6.45) is 3.86. The summed E-state index contributed by atoms with van der Waals surface area (Å²) in [5.41, 5.74) is 0. The van der Waals surface area contributed by atoms with Gasteiger partial charge in [-0.15, -0.1) is 0 Å². The number of rotatable bonds is 8. The standard InChI is InChI=1S/C12H28N2/c1-6-12(7-2)14(8-3)11-9-10-13(4)5/h12H,6-11H2,1-5H3. The minimum Gasteiger partial charge on any atom is -0.309 e. The fourth-order valence-corrected chi connectivity index (χ4v) is 1.99. The van der Waals surface area contributed by atoms with Crippen LogP contribution >= 0.6 is 0 Å². The molecule has 14 heavy (non-hydrogen) atoms. The predicted molar refractivity (Wildman–Crippen MR) is 64.8 cm³/mol. The van der Waals surface area contributed by atoms with Crippen LogP contribution in [0, 0.1) is 0 Å². The molecule has 0 amide bonds. The third-order valence-corrected chi connectivity index (χ3v) is 2.92. The molecule has 0 atom stereocenters. The predicted octanol–water partition coefficient (Wildman–Crippen LogP) is 2.45. The summed E-state index contributed by atoms with van der Waals surface area (Å²) in [7, 11) is 4.29. The van der Waals surface area contributed by atoms with Crippen LogP contribution in [0.5, 0.6) is 0 Å².